The number of anilines is 1. The lowest BCUT2D eigenvalue weighted by atomic mass is 9.69. The van der Waals surface area contributed by atoms with E-state index in [0.717, 1.165) is 25.9 Å². The number of aromatic nitrogens is 1. The van der Waals surface area contributed by atoms with Gasteiger partial charge in [-0.1, -0.05) is 45.9 Å². The maximum atomic E-state index is 14.5. The van der Waals surface area contributed by atoms with Crippen LogP contribution in [0.4, 0.5) is 5.69 Å². The highest BCUT2D eigenvalue weighted by atomic mass is 16.7. The van der Waals surface area contributed by atoms with Crippen molar-refractivity contribution in [2.45, 2.75) is 129 Å². The van der Waals surface area contributed by atoms with Crippen LogP contribution < -0.4 is 15.6 Å². The third-order valence-electron chi connectivity index (χ3n) is 15.1. The lowest BCUT2D eigenvalue weighted by Crippen LogP contribution is -2.56. The second-order valence-corrected chi connectivity index (χ2v) is 19.6. The van der Waals surface area contributed by atoms with Gasteiger partial charge in [0.25, 0.3) is 5.91 Å². The summed E-state index contributed by atoms with van der Waals surface area (Å²) in [6.45, 7) is 17.2. The van der Waals surface area contributed by atoms with Crippen molar-refractivity contribution in [3.63, 3.8) is 0 Å². The molecule has 8 rings (SSSR count). The molecule has 2 saturated heterocycles. The number of fused-ring (bicyclic) bond motifs is 4. The van der Waals surface area contributed by atoms with E-state index in [9.17, 15) is 39.9 Å². The quantitative estimate of drug-likeness (QED) is 0.228. The Bertz CT molecular complexity index is 2490. The van der Waals surface area contributed by atoms with E-state index in [4.69, 9.17) is 23.6 Å². The van der Waals surface area contributed by atoms with Crippen LogP contribution in [0.5, 0.6) is 0 Å². The van der Waals surface area contributed by atoms with E-state index in [1.807, 2.05) is 0 Å². The largest absolute Gasteiger partial charge is 0.509 e. The molecule has 16 nitrogen and oxygen atoms in total. The van der Waals surface area contributed by atoms with Crippen molar-refractivity contribution in [1.82, 2.24) is 15.2 Å². The molecule has 6 bridgehead atoms. The molecule has 1 amide bonds. The summed E-state index contributed by atoms with van der Waals surface area (Å²) in [4.78, 5) is 52.3. The summed E-state index contributed by atoms with van der Waals surface area (Å²) in [5.74, 6) is -9.33. The summed E-state index contributed by atoms with van der Waals surface area (Å²) in [6, 6.07) is 4.31. The summed E-state index contributed by atoms with van der Waals surface area (Å²) in [6.07, 6.45) is 5.72. The first-order valence-corrected chi connectivity index (χ1v) is 23.1. The Balaban J connectivity index is 1.27. The fourth-order valence-corrected chi connectivity index (χ4v) is 11.1. The number of piperazine rings is 1. The molecular formula is C50H64N4O12. The molecule has 2 fully saturated rings. The summed E-state index contributed by atoms with van der Waals surface area (Å²) in [5, 5.41) is 61.4. The Morgan fingerprint density at radius 1 is 0.909 bits per heavy atom. The van der Waals surface area contributed by atoms with Gasteiger partial charge in [-0.05, 0) is 46.6 Å². The number of hydrogen-bond acceptors (Lipinski definition) is 15. The monoisotopic (exact) mass is 912 g/mol. The molecule has 6 N–H and O–H groups in total. The van der Waals surface area contributed by atoms with Crippen molar-refractivity contribution < 1.29 is 53.7 Å². The number of nitrogens with one attached hydrogen (secondary N) is 1. The van der Waals surface area contributed by atoms with Gasteiger partial charge in [-0.3, -0.25) is 19.3 Å². The number of amides is 1. The van der Waals surface area contributed by atoms with Crippen LogP contribution in [-0.4, -0.2) is 116 Å². The zero-order chi connectivity index (χ0) is 47.8. The van der Waals surface area contributed by atoms with E-state index in [1.54, 1.807) is 52.8 Å². The van der Waals surface area contributed by atoms with Crippen molar-refractivity contribution in [3.8, 4) is 11.5 Å². The van der Waals surface area contributed by atoms with Gasteiger partial charge in [0.15, 0.2) is 28.8 Å². The molecule has 0 aromatic heterocycles. The molecule has 66 heavy (non-hydrogen) atoms. The van der Waals surface area contributed by atoms with E-state index in [0.29, 0.717) is 23.8 Å². The lowest BCUT2D eigenvalue weighted by Gasteiger charge is -2.44. The maximum Gasteiger partial charge on any atom is 0.306 e. The number of carbonyl (C=O) groups is 2. The van der Waals surface area contributed by atoms with Crippen LogP contribution in [0.25, 0.3) is 17.2 Å². The van der Waals surface area contributed by atoms with Gasteiger partial charge in [0.1, 0.15) is 17.2 Å². The molecule has 0 aromatic carbocycles. The Morgan fingerprint density at radius 2 is 1.56 bits per heavy atom. The molecule has 0 aromatic rings. The minimum atomic E-state index is -1.92. The molecule has 8 aliphatic rings. The predicted octanol–water partition coefficient (Wildman–Crippen LogP) is 5.36. The van der Waals surface area contributed by atoms with E-state index in [2.05, 4.69) is 29.0 Å². The molecule has 356 valence electrons. The highest BCUT2D eigenvalue weighted by molar-refractivity contribution is 6.05. The Kier molecular flexibility index (Phi) is 12.7. The predicted molar refractivity (Wildman–Crippen MR) is 245 cm³/mol. The SMILES string of the molecule is CO[C@H]1/C=C/O[C@@]2(C)OC3=C(C)C(=O)C4C(O)=C(NC(=O)/C(C)=C\C=C\[C@H](C)[C@H](O)[C@@H](C)[C@@H](O)[C@@H](C)[C@H](O)[C@@H]1C)c1oc5cc(N6CC7CCC(C6)N7C(C)C)cc(=O)c-5nc1C4C3=C2O. The van der Waals surface area contributed by atoms with Crippen LogP contribution in [0, 0.1) is 29.6 Å². The van der Waals surface area contributed by atoms with Gasteiger partial charge >= 0.3 is 5.79 Å². The number of allylic oxidation sites excluding steroid dienone is 5. The summed E-state index contributed by atoms with van der Waals surface area (Å²) < 4.78 is 24.7. The summed E-state index contributed by atoms with van der Waals surface area (Å²) >= 11 is 0. The topological polar surface area (TPSA) is 225 Å². The van der Waals surface area contributed by atoms with E-state index in [1.165, 1.54) is 45.4 Å². The fourth-order valence-electron chi connectivity index (χ4n) is 11.1. The van der Waals surface area contributed by atoms with Gasteiger partial charge < -0.3 is 54.4 Å². The standard InChI is InChI=1S/C50H64N4O12/c1-22(2)54-29-14-15-30(54)21-53(20-29)31-18-32(55)38-34(19-31)65-47-39(51-38)35-36-44(59)28(8)46-37(35)48(61)50(9,66-46)64-17-16-33(63-10)25(5)42(57)27(7)43(58)26(6)41(56)23(3)12-11-13-24(4)49(62)52-40(47)45(36)60/h11-13,16-19,22-23,25-27,29-30,33,35-36,41-43,56-58,60-61H,14-15,20-21H2,1-10H3,(H,52,62)/b12-11+,17-16+,24-13-/t23-,25+,26+,27-,29?,30?,33-,35?,36?,41-,42+,43+,50-/m0/s1. The normalized spacial score (nSPS) is 37.4. The smallest absolute Gasteiger partial charge is 0.306 e. The molecule has 16 heteroatoms. The Labute approximate surface area is 385 Å². The van der Waals surface area contributed by atoms with E-state index >= 15 is 0 Å². The van der Waals surface area contributed by atoms with Crippen molar-refractivity contribution in [3.05, 3.63) is 98.4 Å². The first-order chi connectivity index (χ1) is 31.2. The molecule has 3 aliphatic carbocycles. The Hall–Kier alpha value is -5.26. The minimum Gasteiger partial charge on any atom is -0.509 e. The third-order valence-corrected chi connectivity index (χ3v) is 15.1. The zero-order valence-corrected chi connectivity index (χ0v) is 39.3. The number of Topliss-reactive ketones (excluding diaryl/α,β-unsaturated/α-hetero) is 1. The molecule has 5 aliphatic heterocycles. The van der Waals surface area contributed by atoms with Crippen molar-refractivity contribution in [2.75, 3.05) is 25.1 Å². The first-order valence-electron chi connectivity index (χ1n) is 23.1. The number of hydrogen-bond donors (Lipinski definition) is 6. The maximum absolute atomic E-state index is 14.5. The number of carbonyl (C=O) groups excluding carboxylic acids is 2. The lowest BCUT2D eigenvalue weighted by molar-refractivity contribution is -0.146. The van der Waals surface area contributed by atoms with Gasteiger partial charge in [0.05, 0.1) is 53.8 Å². The summed E-state index contributed by atoms with van der Waals surface area (Å²) in [5.41, 5.74) is 0.268. The fraction of sp³-hybridized carbons (Fsp3) is 0.560. The third kappa shape index (κ3) is 7.87. The van der Waals surface area contributed by atoms with Crippen LogP contribution in [0.15, 0.2) is 85.9 Å². The van der Waals surface area contributed by atoms with Crippen molar-refractivity contribution >= 4 is 23.1 Å². The second-order valence-electron chi connectivity index (χ2n) is 19.6. The number of aliphatic hydroxyl groups excluding tert-OH is 5. The van der Waals surface area contributed by atoms with Gasteiger partial charge in [0, 0.05) is 97.9 Å². The average molecular weight is 913 g/mol. The second kappa shape index (κ2) is 17.8. The van der Waals surface area contributed by atoms with Gasteiger partial charge in [-0.2, -0.15) is 0 Å². The van der Waals surface area contributed by atoms with E-state index < -0.39 is 94.3 Å². The number of nitrogens with zero attached hydrogens (tertiary/aromatic N) is 3. The number of ketones is 1. The zero-order valence-electron chi connectivity index (χ0n) is 39.3. The van der Waals surface area contributed by atoms with Gasteiger partial charge in [-0.15, -0.1) is 0 Å². The number of methoxy groups -OCH3 is 1. The molecule has 13 atom stereocenters. The number of rotatable bonds is 3. The summed E-state index contributed by atoms with van der Waals surface area (Å²) in [7, 11) is 1.46. The van der Waals surface area contributed by atoms with Crippen LogP contribution in [-0.2, 0) is 23.8 Å². The molecule has 0 spiro atoms. The molecular weight excluding hydrogens is 849 g/mol. The number of benzene rings is 1. The highest BCUT2D eigenvalue weighted by Crippen LogP contribution is 2.56. The molecule has 0 radical (unpaired) electrons. The van der Waals surface area contributed by atoms with Crippen molar-refractivity contribution in [1.29, 1.82) is 0 Å². The van der Waals surface area contributed by atoms with Gasteiger partial charge in [-0.25, -0.2) is 4.98 Å². The molecule has 4 unspecified atom stereocenters. The first kappa shape index (κ1) is 47.2. The highest BCUT2D eigenvalue weighted by Gasteiger charge is 2.58. The number of ether oxygens (including phenoxy) is 3. The van der Waals surface area contributed by atoms with Crippen LogP contribution in [0.2, 0.25) is 0 Å². The van der Waals surface area contributed by atoms with Crippen LogP contribution >= 0.6 is 0 Å². The minimum absolute atomic E-state index is 0.00354. The van der Waals surface area contributed by atoms with Crippen LogP contribution in [0.1, 0.15) is 92.5 Å². The number of aliphatic hydroxyl groups is 5. The molecule has 0 saturated carbocycles. The van der Waals surface area contributed by atoms with Gasteiger partial charge in [0.2, 0.25) is 5.43 Å². The Morgan fingerprint density at radius 3 is 2.21 bits per heavy atom. The van der Waals surface area contributed by atoms with E-state index in [-0.39, 0.29) is 51.1 Å². The van der Waals surface area contributed by atoms with Crippen LogP contribution in [0.3, 0.4) is 0 Å². The molecule has 5 heterocycles. The average Bonchev–Trinajstić information content (AvgIpc) is 3.72. The van der Waals surface area contributed by atoms with Crippen molar-refractivity contribution in [2.24, 2.45) is 29.6 Å².